The first kappa shape index (κ1) is 18.7. The van der Waals surface area contributed by atoms with Gasteiger partial charge in [0.15, 0.2) is 0 Å². The fraction of sp³-hybridized carbons (Fsp3) is 0.333. The number of amides is 2. The van der Waals surface area contributed by atoms with Crippen LogP contribution in [0, 0.1) is 5.82 Å². The number of aryl methyl sites for hydroxylation is 1. The van der Waals surface area contributed by atoms with Gasteiger partial charge in [0.1, 0.15) is 16.3 Å². The molecule has 2 aromatic heterocycles. The van der Waals surface area contributed by atoms with Crippen LogP contribution in [0.4, 0.5) is 4.39 Å². The summed E-state index contributed by atoms with van der Waals surface area (Å²) in [5.41, 5.74) is 1.17. The standard InChI is InChI=1S/C21H22FN3O2S/c1-3-24-18(12-16-8-11-28-21(16)24)20(27)23-9-10-25(14(2)13-23)19(26)15-4-6-17(22)7-5-15/h4-8,11-12,14H,3,9-10,13H2,1-2H3. The highest BCUT2D eigenvalue weighted by molar-refractivity contribution is 7.16. The Morgan fingerprint density at radius 2 is 1.89 bits per heavy atom. The molecule has 1 aliphatic rings. The third kappa shape index (κ3) is 3.20. The number of hydrogen-bond acceptors (Lipinski definition) is 3. The van der Waals surface area contributed by atoms with Crippen molar-refractivity contribution >= 4 is 33.4 Å². The first-order chi connectivity index (χ1) is 13.5. The molecule has 0 N–H and O–H groups in total. The van der Waals surface area contributed by atoms with Gasteiger partial charge in [0.2, 0.25) is 0 Å². The van der Waals surface area contributed by atoms with Gasteiger partial charge in [0.05, 0.1) is 0 Å². The zero-order valence-corrected chi connectivity index (χ0v) is 16.7. The van der Waals surface area contributed by atoms with Gasteiger partial charge in [-0.2, -0.15) is 0 Å². The van der Waals surface area contributed by atoms with E-state index in [0.29, 0.717) is 30.9 Å². The fourth-order valence-electron chi connectivity index (χ4n) is 3.83. The molecule has 0 spiro atoms. The van der Waals surface area contributed by atoms with Gasteiger partial charge in [-0.05, 0) is 55.6 Å². The van der Waals surface area contributed by atoms with Gasteiger partial charge in [-0.25, -0.2) is 4.39 Å². The largest absolute Gasteiger partial charge is 0.334 e. The monoisotopic (exact) mass is 399 g/mol. The Bertz CT molecular complexity index is 1020. The number of carbonyl (C=O) groups excluding carboxylic acids is 2. The molecule has 3 heterocycles. The number of carbonyl (C=O) groups is 2. The first-order valence-corrected chi connectivity index (χ1v) is 10.3. The summed E-state index contributed by atoms with van der Waals surface area (Å²) in [5.74, 6) is -0.484. The molecule has 0 radical (unpaired) electrons. The van der Waals surface area contributed by atoms with Gasteiger partial charge >= 0.3 is 0 Å². The molecule has 1 saturated heterocycles. The second kappa shape index (κ2) is 7.39. The number of rotatable bonds is 3. The van der Waals surface area contributed by atoms with Crippen molar-refractivity contribution in [2.24, 2.45) is 0 Å². The van der Waals surface area contributed by atoms with Crippen molar-refractivity contribution in [2.75, 3.05) is 19.6 Å². The van der Waals surface area contributed by atoms with Crippen LogP contribution in [0.1, 0.15) is 34.7 Å². The highest BCUT2D eigenvalue weighted by atomic mass is 32.1. The van der Waals surface area contributed by atoms with Crippen LogP contribution in [-0.4, -0.2) is 51.9 Å². The van der Waals surface area contributed by atoms with Crippen LogP contribution in [0.2, 0.25) is 0 Å². The quantitative estimate of drug-likeness (QED) is 0.672. The normalized spacial score (nSPS) is 17.3. The van der Waals surface area contributed by atoms with Crippen molar-refractivity contribution in [1.82, 2.24) is 14.4 Å². The van der Waals surface area contributed by atoms with Gasteiger partial charge in [0, 0.05) is 43.2 Å². The SMILES string of the molecule is CCn1c(C(=O)N2CCN(C(=O)c3ccc(F)cc3)C(C)C2)cc2ccsc21. The van der Waals surface area contributed by atoms with E-state index >= 15 is 0 Å². The highest BCUT2D eigenvalue weighted by Crippen LogP contribution is 2.27. The number of hydrogen-bond donors (Lipinski definition) is 0. The molecule has 0 saturated carbocycles. The van der Waals surface area contributed by atoms with Gasteiger partial charge in [-0.1, -0.05) is 0 Å². The summed E-state index contributed by atoms with van der Waals surface area (Å²) in [4.78, 5) is 30.6. The minimum absolute atomic E-state index is 0.00554. The lowest BCUT2D eigenvalue weighted by Gasteiger charge is -2.40. The molecule has 4 rings (SSSR count). The maximum atomic E-state index is 13.1. The number of thiophene rings is 1. The van der Waals surface area contributed by atoms with E-state index < -0.39 is 0 Å². The molecule has 0 aliphatic carbocycles. The first-order valence-electron chi connectivity index (χ1n) is 9.42. The molecule has 1 fully saturated rings. The van der Waals surface area contributed by atoms with Crippen molar-refractivity contribution < 1.29 is 14.0 Å². The summed E-state index contributed by atoms with van der Waals surface area (Å²) in [6.07, 6.45) is 0. The van der Waals surface area contributed by atoms with Crippen molar-refractivity contribution in [2.45, 2.75) is 26.4 Å². The van der Waals surface area contributed by atoms with Crippen molar-refractivity contribution in [1.29, 1.82) is 0 Å². The van der Waals surface area contributed by atoms with E-state index in [1.54, 1.807) is 16.2 Å². The van der Waals surface area contributed by atoms with E-state index in [2.05, 4.69) is 4.57 Å². The molecule has 1 unspecified atom stereocenters. The predicted octanol–water partition coefficient (Wildman–Crippen LogP) is 3.85. The Morgan fingerprint density at radius 1 is 1.14 bits per heavy atom. The van der Waals surface area contributed by atoms with Gasteiger partial charge in [-0.3, -0.25) is 9.59 Å². The Kier molecular flexibility index (Phi) is 4.93. The molecule has 1 atom stereocenters. The van der Waals surface area contributed by atoms with Crippen LogP contribution in [0.25, 0.3) is 10.2 Å². The predicted molar refractivity (Wildman–Crippen MR) is 108 cm³/mol. The molecule has 28 heavy (non-hydrogen) atoms. The third-order valence-corrected chi connectivity index (χ3v) is 6.26. The van der Waals surface area contributed by atoms with E-state index in [0.717, 1.165) is 16.8 Å². The van der Waals surface area contributed by atoms with Crippen LogP contribution in [0.3, 0.4) is 0 Å². The van der Waals surface area contributed by atoms with Crippen molar-refractivity contribution in [3.63, 3.8) is 0 Å². The highest BCUT2D eigenvalue weighted by Gasteiger charge is 2.32. The molecule has 5 nitrogen and oxygen atoms in total. The molecule has 7 heteroatoms. The molecule has 3 aromatic rings. The van der Waals surface area contributed by atoms with Crippen LogP contribution in [0.5, 0.6) is 0 Å². The zero-order valence-electron chi connectivity index (χ0n) is 15.9. The van der Waals surface area contributed by atoms with E-state index in [4.69, 9.17) is 0 Å². The summed E-state index contributed by atoms with van der Waals surface area (Å²) >= 11 is 1.64. The van der Waals surface area contributed by atoms with Crippen LogP contribution in [-0.2, 0) is 6.54 Å². The van der Waals surface area contributed by atoms with E-state index in [1.807, 2.05) is 36.3 Å². The van der Waals surface area contributed by atoms with Crippen LogP contribution >= 0.6 is 11.3 Å². The lowest BCUT2D eigenvalue weighted by atomic mass is 10.1. The molecule has 146 valence electrons. The zero-order chi connectivity index (χ0) is 19.8. The smallest absolute Gasteiger partial charge is 0.270 e. The molecule has 2 amide bonds. The Labute approximate surface area is 167 Å². The third-order valence-electron chi connectivity index (χ3n) is 5.30. The van der Waals surface area contributed by atoms with Crippen LogP contribution in [0.15, 0.2) is 41.8 Å². The van der Waals surface area contributed by atoms with Gasteiger partial charge in [0.25, 0.3) is 11.8 Å². The summed E-state index contributed by atoms with van der Waals surface area (Å²) < 4.78 is 15.2. The summed E-state index contributed by atoms with van der Waals surface area (Å²) in [7, 11) is 0. The van der Waals surface area contributed by atoms with Crippen molar-refractivity contribution in [3.8, 4) is 0 Å². The number of halogens is 1. The average Bonchev–Trinajstić information content (AvgIpc) is 3.28. The number of piperazine rings is 1. The number of nitrogens with zero attached hydrogens (tertiary/aromatic N) is 3. The lowest BCUT2D eigenvalue weighted by molar-refractivity contribution is 0.0409. The van der Waals surface area contributed by atoms with Gasteiger partial charge in [-0.15, -0.1) is 11.3 Å². The second-order valence-corrected chi connectivity index (χ2v) is 7.96. The Morgan fingerprint density at radius 3 is 2.57 bits per heavy atom. The van der Waals surface area contributed by atoms with Gasteiger partial charge < -0.3 is 14.4 Å². The molecular weight excluding hydrogens is 377 g/mol. The molecule has 1 aliphatic heterocycles. The number of benzene rings is 1. The molecule has 0 bridgehead atoms. The average molecular weight is 399 g/mol. The maximum Gasteiger partial charge on any atom is 0.270 e. The second-order valence-electron chi connectivity index (χ2n) is 7.06. The summed E-state index contributed by atoms with van der Waals surface area (Å²) in [6.45, 7) is 6.15. The minimum atomic E-state index is -0.362. The lowest BCUT2D eigenvalue weighted by Crippen LogP contribution is -2.55. The molecule has 1 aromatic carbocycles. The maximum absolute atomic E-state index is 13.1. The summed E-state index contributed by atoms with van der Waals surface area (Å²) in [5, 5.41) is 3.13. The Hall–Kier alpha value is -2.67. The topological polar surface area (TPSA) is 45.6 Å². The van der Waals surface area contributed by atoms with E-state index in [-0.39, 0.29) is 23.7 Å². The van der Waals surface area contributed by atoms with E-state index in [9.17, 15) is 14.0 Å². The number of fused-ring (bicyclic) bond motifs is 1. The van der Waals surface area contributed by atoms with E-state index in [1.165, 1.54) is 24.3 Å². The van der Waals surface area contributed by atoms with Crippen LogP contribution < -0.4 is 0 Å². The molecular formula is C21H22FN3O2S. The minimum Gasteiger partial charge on any atom is -0.334 e. The fourth-order valence-corrected chi connectivity index (χ4v) is 4.79. The Balaban J connectivity index is 1.50. The summed E-state index contributed by atoms with van der Waals surface area (Å²) in [6, 6.07) is 9.47. The van der Waals surface area contributed by atoms with Crippen molar-refractivity contribution in [3.05, 3.63) is 58.9 Å². The number of aromatic nitrogens is 1.